The number of para-hydroxylation sites is 1. The van der Waals surface area contributed by atoms with Crippen molar-refractivity contribution in [2.45, 2.75) is 38.5 Å². The summed E-state index contributed by atoms with van der Waals surface area (Å²) in [6, 6.07) is 9.36. The molecule has 0 bridgehead atoms. The van der Waals surface area contributed by atoms with E-state index in [0.717, 1.165) is 36.6 Å². The van der Waals surface area contributed by atoms with Gasteiger partial charge in [0.1, 0.15) is 0 Å². The Morgan fingerprint density at radius 1 is 1.08 bits per heavy atom. The van der Waals surface area contributed by atoms with Gasteiger partial charge >= 0.3 is 0 Å². The number of rotatable bonds is 10. The number of carbonyl (C=O) groups is 1. The highest BCUT2D eigenvalue weighted by atomic mass is 32.2. The molecule has 0 aliphatic carbocycles. The summed E-state index contributed by atoms with van der Waals surface area (Å²) in [5.41, 5.74) is 1.14. The van der Waals surface area contributed by atoms with Crippen LogP contribution in [0.4, 0.5) is 11.4 Å². The topological polar surface area (TPSA) is 153 Å². The smallest absolute Gasteiger partial charge is 0.274 e. The monoisotopic (exact) mass is 540 g/mol. The van der Waals surface area contributed by atoms with E-state index in [2.05, 4.69) is 11.3 Å². The lowest BCUT2D eigenvalue weighted by Crippen LogP contribution is -2.30. The minimum absolute atomic E-state index is 0.0105. The van der Waals surface area contributed by atoms with Gasteiger partial charge < -0.3 is 4.90 Å². The predicted octanol–water partition coefficient (Wildman–Crippen LogP) is 4.76. The van der Waals surface area contributed by atoms with E-state index in [-0.39, 0.29) is 28.3 Å². The van der Waals surface area contributed by atoms with Crippen LogP contribution in [0.25, 0.3) is 0 Å². The zero-order chi connectivity index (χ0) is 27.9. The first kappa shape index (κ1) is 28.4. The van der Waals surface area contributed by atoms with E-state index >= 15 is 0 Å². The van der Waals surface area contributed by atoms with Crippen LogP contribution in [0, 0.1) is 20.2 Å². The molecule has 1 aliphatic rings. The van der Waals surface area contributed by atoms with Gasteiger partial charge in [0, 0.05) is 47.6 Å². The number of hydrogen-bond acceptors (Lipinski definition) is 7. The molecule has 0 aromatic heterocycles. The van der Waals surface area contributed by atoms with Gasteiger partial charge in [0.15, 0.2) is 0 Å². The maximum Gasteiger partial charge on any atom is 0.274 e. The van der Waals surface area contributed by atoms with E-state index in [1.54, 1.807) is 17.1 Å². The molecule has 1 heterocycles. The molecule has 0 radical (unpaired) electrons. The van der Waals surface area contributed by atoms with Gasteiger partial charge in [0.2, 0.25) is 10.0 Å². The molecule has 0 atom stereocenters. The molecule has 0 saturated carbocycles. The number of nitro groups is 2. The third-order valence-corrected chi connectivity index (χ3v) is 7.45. The second kappa shape index (κ2) is 12.4. The van der Waals surface area contributed by atoms with Gasteiger partial charge in [0.05, 0.1) is 15.6 Å². The molecule has 3 rings (SSSR count). The SMILES string of the molecule is C=C/C=C\C1=C(C)N(C(=O)c2ccc(CNS(=O)(=O)Cc3ccccc3[N+](=O)[O-])c([N+](=O)[O-])c2)CCCC1. The Morgan fingerprint density at radius 3 is 2.47 bits per heavy atom. The summed E-state index contributed by atoms with van der Waals surface area (Å²) in [5, 5.41) is 23.0. The average Bonchev–Trinajstić information content (AvgIpc) is 3.06. The molecule has 2 aromatic rings. The third kappa shape index (κ3) is 6.99. The highest BCUT2D eigenvalue weighted by Gasteiger charge is 2.25. The minimum Gasteiger partial charge on any atom is -0.312 e. The second-order valence-corrected chi connectivity index (χ2v) is 10.5. The third-order valence-electron chi connectivity index (χ3n) is 6.17. The summed E-state index contributed by atoms with van der Waals surface area (Å²) in [6.07, 6.45) is 7.80. The Bertz CT molecular complexity index is 1430. The molecule has 200 valence electrons. The molecule has 1 N–H and O–H groups in total. The zero-order valence-electron chi connectivity index (χ0n) is 20.8. The molecule has 2 aromatic carbocycles. The molecule has 12 heteroatoms. The van der Waals surface area contributed by atoms with Gasteiger partial charge in [-0.2, -0.15) is 0 Å². The van der Waals surface area contributed by atoms with Crippen LogP contribution in [0.2, 0.25) is 0 Å². The van der Waals surface area contributed by atoms with Crippen molar-refractivity contribution in [3.63, 3.8) is 0 Å². The summed E-state index contributed by atoms with van der Waals surface area (Å²) >= 11 is 0. The van der Waals surface area contributed by atoms with Gasteiger partial charge in [-0.25, -0.2) is 13.1 Å². The molecule has 0 spiro atoms. The van der Waals surface area contributed by atoms with Crippen LogP contribution in [0.15, 0.2) is 78.5 Å². The fourth-order valence-corrected chi connectivity index (χ4v) is 5.31. The maximum atomic E-state index is 13.3. The lowest BCUT2D eigenvalue weighted by Gasteiger charge is -2.23. The average molecular weight is 541 g/mol. The van der Waals surface area contributed by atoms with Crippen molar-refractivity contribution in [1.82, 2.24) is 9.62 Å². The number of nitrogens with zero attached hydrogens (tertiary/aromatic N) is 3. The van der Waals surface area contributed by atoms with Gasteiger partial charge in [-0.3, -0.25) is 25.0 Å². The lowest BCUT2D eigenvalue weighted by atomic mass is 10.1. The standard InChI is InChI=1S/C26H28N4O7S/c1-3-4-9-20-10-7-8-15-28(19(20)2)26(31)21-13-14-22(25(16-21)30(34)35)17-27-38(36,37)18-23-11-5-6-12-24(23)29(32)33/h3-6,9,11-14,16,27H,1,7-8,10,15,17-18H2,2H3/b9-4-. The number of allylic oxidation sites excluding steroid dienone is 5. The van der Waals surface area contributed by atoms with Crippen LogP contribution < -0.4 is 4.72 Å². The number of nitrogens with one attached hydrogen (secondary N) is 1. The van der Waals surface area contributed by atoms with Crippen molar-refractivity contribution < 1.29 is 23.1 Å². The van der Waals surface area contributed by atoms with Crippen LogP contribution in [0.5, 0.6) is 0 Å². The largest absolute Gasteiger partial charge is 0.312 e. The van der Waals surface area contributed by atoms with E-state index < -0.39 is 37.9 Å². The first-order valence-corrected chi connectivity index (χ1v) is 13.5. The molecule has 11 nitrogen and oxygen atoms in total. The van der Waals surface area contributed by atoms with Gasteiger partial charge in [-0.1, -0.05) is 49.1 Å². The molecule has 1 aliphatic heterocycles. The fraction of sp³-hybridized carbons (Fsp3) is 0.269. The van der Waals surface area contributed by atoms with E-state index in [9.17, 15) is 33.4 Å². The molecular formula is C26H28N4O7S. The van der Waals surface area contributed by atoms with Crippen LogP contribution in [0.1, 0.15) is 47.7 Å². The number of nitro benzene ring substituents is 2. The molecule has 1 amide bonds. The van der Waals surface area contributed by atoms with Crippen molar-refractivity contribution in [2.75, 3.05) is 6.54 Å². The van der Waals surface area contributed by atoms with Gasteiger partial charge in [-0.15, -0.1) is 0 Å². The van der Waals surface area contributed by atoms with E-state index in [1.165, 1.54) is 36.4 Å². The van der Waals surface area contributed by atoms with Crippen LogP contribution in [-0.2, 0) is 22.3 Å². The summed E-state index contributed by atoms with van der Waals surface area (Å²) < 4.78 is 27.5. The number of amides is 1. The number of hydrogen-bond donors (Lipinski definition) is 1. The van der Waals surface area contributed by atoms with Gasteiger partial charge in [-0.05, 0) is 37.8 Å². The summed E-state index contributed by atoms with van der Waals surface area (Å²) in [6.45, 7) is 5.55. The van der Waals surface area contributed by atoms with E-state index in [0.29, 0.717) is 6.54 Å². The Balaban J connectivity index is 1.83. The van der Waals surface area contributed by atoms with E-state index in [4.69, 9.17) is 0 Å². The van der Waals surface area contributed by atoms with Crippen LogP contribution in [0.3, 0.4) is 0 Å². The summed E-state index contributed by atoms with van der Waals surface area (Å²) in [4.78, 5) is 36.6. The van der Waals surface area contributed by atoms with Crippen molar-refractivity contribution >= 4 is 27.3 Å². The Labute approximate surface area is 220 Å². The van der Waals surface area contributed by atoms with E-state index in [1.807, 2.05) is 13.0 Å². The quantitative estimate of drug-likeness (QED) is 0.259. The highest BCUT2D eigenvalue weighted by molar-refractivity contribution is 7.88. The Hall–Kier alpha value is -4.16. The maximum absolute atomic E-state index is 13.3. The van der Waals surface area contributed by atoms with Crippen molar-refractivity contribution in [3.8, 4) is 0 Å². The Morgan fingerprint density at radius 2 is 1.79 bits per heavy atom. The second-order valence-electron chi connectivity index (χ2n) is 8.69. The normalized spacial score (nSPS) is 14.4. The number of sulfonamides is 1. The summed E-state index contributed by atoms with van der Waals surface area (Å²) in [5.74, 6) is -1.06. The highest BCUT2D eigenvalue weighted by Crippen LogP contribution is 2.27. The first-order valence-electron chi connectivity index (χ1n) is 11.8. The number of benzene rings is 2. The van der Waals surface area contributed by atoms with Crippen LogP contribution >= 0.6 is 0 Å². The first-order chi connectivity index (χ1) is 18.0. The van der Waals surface area contributed by atoms with Crippen molar-refractivity contribution in [3.05, 3.63) is 115 Å². The molecule has 0 saturated heterocycles. The molecular weight excluding hydrogens is 512 g/mol. The van der Waals surface area contributed by atoms with Crippen LogP contribution in [-0.4, -0.2) is 35.6 Å². The van der Waals surface area contributed by atoms with Crippen molar-refractivity contribution in [2.24, 2.45) is 0 Å². The Kier molecular flexibility index (Phi) is 9.26. The molecule has 0 fully saturated rings. The number of carbonyl (C=O) groups excluding carboxylic acids is 1. The van der Waals surface area contributed by atoms with Crippen molar-refractivity contribution in [1.29, 1.82) is 0 Å². The minimum atomic E-state index is -4.07. The lowest BCUT2D eigenvalue weighted by molar-refractivity contribution is -0.385. The fourth-order valence-electron chi connectivity index (χ4n) is 4.18. The zero-order valence-corrected chi connectivity index (χ0v) is 21.6. The molecule has 38 heavy (non-hydrogen) atoms. The summed E-state index contributed by atoms with van der Waals surface area (Å²) in [7, 11) is -4.07. The molecule has 0 unspecified atom stereocenters. The predicted molar refractivity (Wildman–Crippen MR) is 143 cm³/mol. The van der Waals surface area contributed by atoms with Gasteiger partial charge in [0.25, 0.3) is 17.3 Å².